The molecule has 4 heteroatoms. The maximum Gasteiger partial charge on any atom is 0.229 e. The molecule has 0 radical (unpaired) electrons. The Kier molecular flexibility index (Phi) is 4.09. The molecule has 0 fully saturated rings. The largest absolute Gasteiger partial charge is 0.314 e. The van der Waals surface area contributed by atoms with E-state index in [1.54, 1.807) is 0 Å². The number of anilines is 3. The van der Waals surface area contributed by atoms with Gasteiger partial charge in [-0.15, -0.1) is 5.10 Å². The average Bonchev–Trinajstić information content (AvgIpc) is 3.15. The lowest BCUT2D eigenvalue weighted by molar-refractivity contribution is 0.912. The highest BCUT2D eigenvalue weighted by Gasteiger charge is 2.28. The Morgan fingerprint density at radius 3 is 1.84 bits per heavy atom. The molecular formula is C21H20N4. The number of hydrazone groups is 1. The molecule has 0 aromatic heterocycles. The van der Waals surface area contributed by atoms with Crippen molar-refractivity contribution in [3.8, 4) is 0 Å². The molecule has 0 atom stereocenters. The van der Waals surface area contributed by atoms with Gasteiger partial charge in [0.2, 0.25) is 5.96 Å². The lowest BCUT2D eigenvalue weighted by Crippen LogP contribution is -2.40. The first-order valence-electron chi connectivity index (χ1n) is 8.35. The quantitative estimate of drug-likeness (QED) is 0.712. The van der Waals surface area contributed by atoms with Crippen molar-refractivity contribution in [1.29, 1.82) is 0 Å². The highest BCUT2D eigenvalue weighted by molar-refractivity contribution is 6.08. The minimum Gasteiger partial charge on any atom is -0.314 e. The van der Waals surface area contributed by atoms with E-state index in [2.05, 4.69) is 65.4 Å². The van der Waals surface area contributed by atoms with Crippen LogP contribution in [0, 0.1) is 0 Å². The van der Waals surface area contributed by atoms with Gasteiger partial charge >= 0.3 is 0 Å². The summed E-state index contributed by atoms with van der Waals surface area (Å²) in [6.07, 6.45) is 0. The zero-order valence-electron chi connectivity index (χ0n) is 14.2. The van der Waals surface area contributed by atoms with Gasteiger partial charge in [-0.25, -0.2) is 5.01 Å². The Labute approximate surface area is 148 Å². The van der Waals surface area contributed by atoms with Crippen molar-refractivity contribution in [2.75, 3.05) is 28.5 Å². The highest BCUT2D eigenvalue weighted by Crippen LogP contribution is 2.27. The van der Waals surface area contributed by atoms with Crippen LogP contribution in [0.3, 0.4) is 0 Å². The first kappa shape index (κ1) is 15.3. The van der Waals surface area contributed by atoms with Gasteiger partial charge in [-0.05, 0) is 36.4 Å². The van der Waals surface area contributed by atoms with Gasteiger partial charge in [-0.2, -0.15) is 0 Å². The molecule has 3 aromatic carbocycles. The normalized spacial score (nSPS) is 13.7. The van der Waals surface area contributed by atoms with Crippen LogP contribution in [0.25, 0.3) is 0 Å². The summed E-state index contributed by atoms with van der Waals surface area (Å²) >= 11 is 0. The van der Waals surface area contributed by atoms with Crippen LogP contribution in [-0.4, -0.2) is 19.7 Å². The van der Waals surface area contributed by atoms with Crippen LogP contribution in [0.1, 0.15) is 0 Å². The summed E-state index contributed by atoms with van der Waals surface area (Å²) in [4.78, 5) is 4.34. The van der Waals surface area contributed by atoms with Gasteiger partial charge in [0.15, 0.2) is 0 Å². The summed E-state index contributed by atoms with van der Waals surface area (Å²) in [7, 11) is 2.05. The number of hydrogen-bond donors (Lipinski definition) is 0. The first-order chi connectivity index (χ1) is 12.3. The van der Waals surface area contributed by atoms with E-state index in [0.717, 1.165) is 23.0 Å². The van der Waals surface area contributed by atoms with E-state index < -0.39 is 0 Å². The molecule has 0 amide bonds. The Morgan fingerprint density at radius 1 is 0.720 bits per heavy atom. The van der Waals surface area contributed by atoms with E-state index in [-0.39, 0.29) is 0 Å². The smallest absolute Gasteiger partial charge is 0.229 e. The summed E-state index contributed by atoms with van der Waals surface area (Å²) in [6, 6.07) is 30.9. The third kappa shape index (κ3) is 3.06. The van der Waals surface area contributed by atoms with Crippen molar-refractivity contribution >= 4 is 23.0 Å². The van der Waals surface area contributed by atoms with Gasteiger partial charge in [0.1, 0.15) is 6.67 Å². The molecule has 124 valence electrons. The zero-order chi connectivity index (χ0) is 17.1. The van der Waals surface area contributed by atoms with Crippen LogP contribution < -0.4 is 14.8 Å². The third-order valence-corrected chi connectivity index (χ3v) is 4.29. The molecule has 0 spiro atoms. The van der Waals surface area contributed by atoms with Gasteiger partial charge < -0.3 is 4.90 Å². The fraction of sp³-hybridized carbons (Fsp3) is 0.0952. The third-order valence-electron chi connectivity index (χ3n) is 4.29. The summed E-state index contributed by atoms with van der Waals surface area (Å²) in [5.74, 6) is 0.904. The summed E-state index contributed by atoms with van der Waals surface area (Å²) in [5.41, 5.74) is 3.32. The molecular weight excluding hydrogens is 308 g/mol. The SMILES string of the molecule is CN(C1=NN(c2ccccc2)CN1c1ccccc1)c1ccccc1. The molecule has 1 heterocycles. The van der Waals surface area contributed by atoms with Gasteiger partial charge in [-0.3, -0.25) is 4.90 Å². The molecule has 1 aliphatic heterocycles. The van der Waals surface area contributed by atoms with Crippen LogP contribution in [0.15, 0.2) is 96.1 Å². The average molecular weight is 328 g/mol. The highest BCUT2D eigenvalue weighted by atomic mass is 15.6. The monoisotopic (exact) mass is 328 g/mol. The van der Waals surface area contributed by atoms with E-state index in [0.29, 0.717) is 6.67 Å². The fourth-order valence-electron chi connectivity index (χ4n) is 2.95. The topological polar surface area (TPSA) is 22.1 Å². The summed E-state index contributed by atoms with van der Waals surface area (Å²) in [6.45, 7) is 0.681. The van der Waals surface area contributed by atoms with Crippen LogP contribution in [0.5, 0.6) is 0 Å². The molecule has 4 rings (SSSR count). The zero-order valence-corrected chi connectivity index (χ0v) is 14.2. The molecule has 1 aliphatic rings. The molecule has 0 N–H and O–H groups in total. The van der Waals surface area contributed by atoms with Gasteiger partial charge in [-0.1, -0.05) is 54.6 Å². The number of hydrogen-bond acceptors (Lipinski definition) is 4. The van der Waals surface area contributed by atoms with E-state index in [1.807, 2.05) is 47.5 Å². The molecule has 0 saturated carbocycles. The van der Waals surface area contributed by atoms with Crippen molar-refractivity contribution in [2.45, 2.75) is 0 Å². The predicted molar refractivity (Wildman–Crippen MR) is 105 cm³/mol. The van der Waals surface area contributed by atoms with Gasteiger partial charge in [0.25, 0.3) is 0 Å². The lowest BCUT2D eigenvalue weighted by Gasteiger charge is -2.27. The second-order valence-electron chi connectivity index (χ2n) is 5.93. The number of rotatable bonds is 3. The Hall–Kier alpha value is -3.27. The standard InChI is InChI=1S/C21H20N4/c1-23(18-11-5-2-6-12-18)21-22-25(20-15-9-4-10-16-20)17-24(21)19-13-7-3-8-14-19/h2-16H,17H2,1H3. The van der Waals surface area contributed by atoms with Crippen molar-refractivity contribution in [2.24, 2.45) is 5.10 Å². The summed E-state index contributed by atoms with van der Waals surface area (Å²) in [5, 5.41) is 6.92. The second kappa shape index (κ2) is 6.69. The van der Waals surface area contributed by atoms with Crippen LogP contribution in [-0.2, 0) is 0 Å². The second-order valence-corrected chi connectivity index (χ2v) is 5.93. The minimum atomic E-state index is 0.681. The Balaban J connectivity index is 1.72. The minimum absolute atomic E-state index is 0.681. The van der Waals surface area contributed by atoms with Crippen LogP contribution in [0.2, 0.25) is 0 Å². The van der Waals surface area contributed by atoms with E-state index >= 15 is 0 Å². The van der Waals surface area contributed by atoms with Crippen LogP contribution >= 0.6 is 0 Å². The van der Waals surface area contributed by atoms with Crippen LogP contribution in [0.4, 0.5) is 17.1 Å². The number of benzene rings is 3. The van der Waals surface area contributed by atoms with E-state index in [1.165, 1.54) is 0 Å². The number of nitrogens with zero attached hydrogens (tertiary/aromatic N) is 4. The maximum absolute atomic E-state index is 4.89. The van der Waals surface area contributed by atoms with E-state index in [4.69, 9.17) is 5.10 Å². The van der Waals surface area contributed by atoms with Gasteiger partial charge in [0.05, 0.1) is 5.69 Å². The molecule has 0 aliphatic carbocycles. The number of para-hydroxylation sites is 3. The lowest BCUT2D eigenvalue weighted by atomic mass is 10.3. The predicted octanol–water partition coefficient (Wildman–Crippen LogP) is 4.38. The fourth-order valence-corrected chi connectivity index (χ4v) is 2.95. The molecule has 0 unspecified atom stereocenters. The molecule has 4 nitrogen and oxygen atoms in total. The molecule has 0 saturated heterocycles. The summed E-state index contributed by atoms with van der Waals surface area (Å²) < 4.78 is 0. The maximum atomic E-state index is 4.89. The van der Waals surface area contributed by atoms with Crippen molar-refractivity contribution < 1.29 is 0 Å². The van der Waals surface area contributed by atoms with Crippen molar-refractivity contribution in [3.63, 3.8) is 0 Å². The van der Waals surface area contributed by atoms with Crippen molar-refractivity contribution in [1.82, 2.24) is 0 Å². The Bertz CT molecular complexity index is 847. The number of guanidine groups is 1. The molecule has 0 bridgehead atoms. The van der Waals surface area contributed by atoms with E-state index in [9.17, 15) is 0 Å². The molecule has 3 aromatic rings. The molecule has 25 heavy (non-hydrogen) atoms. The van der Waals surface area contributed by atoms with Crippen molar-refractivity contribution in [3.05, 3.63) is 91.0 Å². The van der Waals surface area contributed by atoms with Gasteiger partial charge in [0, 0.05) is 18.4 Å². The first-order valence-corrected chi connectivity index (χ1v) is 8.35. The Morgan fingerprint density at radius 2 is 1.24 bits per heavy atom.